The lowest BCUT2D eigenvalue weighted by Gasteiger charge is -2.23. The average Bonchev–Trinajstić information content (AvgIpc) is 3.01. The number of nitrogens with zero attached hydrogens (tertiary/aromatic N) is 1. The molecule has 1 aromatic rings. The van der Waals surface area contributed by atoms with E-state index < -0.39 is 12.0 Å². The van der Waals surface area contributed by atoms with Crippen molar-refractivity contribution in [3.63, 3.8) is 0 Å². The summed E-state index contributed by atoms with van der Waals surface area (Å²) in [6.45, 7) is 4.12. The molecule has 2 unspecified atom stereocenters. The Kier molecular flexibility index (Phi) is 5.49. The minimum Gasteiger partial charge on any atom is -0.497 e. The highest BCUT2D eigenvalue weighted by molar-refractivity contribution is 5.74. The molecular weight excluding hydrogens is 284 g/mol. The maximum Gasteiger partial charge on any atom is 0.321 e. The predicted octanol–water partition coefficient (Wildman–Crippen LogP) is 1.59. The third-order valence-electron chi connectivity index (χ3n) is 4.09. The molecule has 0 aliphatic carbocycles. The number of hydrogen-bond donors (Lipinski definition) is 2. The number of benzene rings is 1. The summed E-state index contributed by atoms with van der Waals surface area (Å²) in [6.07, 6.45) is 0.851. The lowest BCUT2D eigenvalue weighted by atomic mass is 9.99. The maximum absolute atomic E-state index is 11.4. The van der Waals surface area contributed by atoms with Crippen LogP contribution >= 0.6 is 0 Å². The van der Waals surface area contributed by atoms with Gasteiger partial charge in [-0.3, -0.25) is 4.79 Å². The standard InChI is InChI=1S/C16H24N2O4/c1-4-17-15(16(19)20)11-5-6-18(10-11)12-7-13(21-2)9-14(8-12)22-3/h7-9,11,15,17H,4-6,10H2,1-3H3,(H,19,20). The second kappa shape index (κ2) is 7.35. The Balaban J connectivity index is 2.14. The van der Waals surface area contributed by atoms with Gasteiger partial charge in [0.15, 0.2) is 0 Å². The Labute approximate surface area is 131 Å². The molecule has 1 aliphatic heterocycles. The van der Waals surface area contributed by atoms with Crippen molar-refractivity contribution in [1.82, 2.24) is 5.32 Å². The molecule has 0 amide bonds. The molecule has 1 fully saturated rings. The summed E-state index contributed by atoms with van der Waals surface area (Å²) in [7, 11) is 3.24. The highest BCUT2D eigenvalue weighted by atomic mass is 16.5. The SMILES string of the molecule is CCNC(C(=O)O)C1CCN(c2cc(OC)cc(OC)c2)C1. The van der Waals surface area contributed by atoms with E-state index in [2.05, 4.69) is 10.2 Å². The summed E-state index contributed by atoms with van der Waals surface area (Å²) in [5.74, 6) is 0.783. The fourth-order valence-electron chi connectivity index (χ4n) is 2.94. The van der Waals surface area contributed by atoms with Gasteiger partial charge in [-0.1, -0.05) is 6.92 Å². The van der Waals surface area contributed by atoms with Crippen LogP contribution in [-0.2, 0) is 4.79 Å². The van der Waals surface area contributed by atoms with Gasteiger partial charge in [-0.15, -0.1) is 0 Å². The molecule has 0 aromatic heterocycles. The topological polar surface area (TPSA) is 71.0 Å². The van der Waals surface area contributed by atoms with Crippen molar-refractivity contribution in [2.24, 2.45) is 5.92 Å². The Hall–Kier alpha value is -1.95. The number of ether oxygens (including phenoxy) is 2. The second-order valence-corrected chi connectivity index (χ2v) is 5.44. The van der Waals surface area contributed by atoms with Crippen molar-refractivity contribution in [3.05, 3.63) is 18.2 Å². The molecule has 1 aliphatic rings. The van der Waals surface area contributed by atoms with Gasteiger partial charge < -0.3 is 24.8 Å². The van der Waals surface area contributed by atoms with Crippen LogP contribution in [0.1, 0.15) is 13.3 Å². The third kappa shape index (κ3) is 3.62. The molecule has 1 saturated heterocycles. The van der Waals surface area contributed by atoms with Gasteiger partial charge in [0, 0.05) is 42.9 Å². The summed E-state index contributed by atoms with van der Waals surface area (Å²) in [5.41, 5.74) is 0.999. The van der Waals surface area contributed by atoms with Gasteiger partial charge >= 0.3 is 5.97 Å². The quantitative estimate of drug-likeness (QED) is 0.797. The second-order valence-electron chi connectivity index (χ2n) is 5.44. The molecular formula is C16H24N2O4. The zero-order valence-corrected chi connectivity index (χ0v) is 13.3. The fraction of sp³-hybridized carbons (Fsp3) is 0.562. The van der Waals surface area contributed by atoms with Crippen LogP contribution < -0.4 is 19.7 Å². The van der Waals surface area contributed by atoms with Gasteiger partial charge in [-0.2, -0.15) is 0 Å². The predicted molar refractivity (Wildman–Crippen MR) is 85.0 cm³/mol. The first-order chi connectivity index (χ1) is 10.6. The van der Waals surface area contributed by atoms with Gasteiger partial charge in [-0.25, -0.2) is 0 Å². The summed E-state index contributed by atoms with van der Waals surface area (Å²) >= 11 is 0. The van der Waals surface area contributed by atoms with Gasteiger partial charge in [0.25, 0.3) is 0 Å². The van der Waals surface area contributed by atoms with Crippen molar-refractivity contribution in [1.29, 1.82) is 0 Å². The lowest BCUT2D eigenvalue weighted by molar-refractivity contribution is -0.140. The number of carbonyl (C=O) groups is 1. The number of likely N-dealkylation sites (N-methyl/N-ethyl adjacent to an activating group) is 1. The van der Waals surface area contributed by atoms with E-state index in [0.717, 1.165) is 30.2 Å². The number of carboxylic acid groups (broad SMARTS) is 1. The first-order valence-corrected chi connectivity index (χ1v) is 7.53. The van der Waals surface area contributed by atoms with E-state index in [0.29, 0.717) is 13.1 Å². The van der Waals surface area contributed by atoms with Gasteiger partial charge in [0.1, 0.15) is 17.5 Å². The molecule has 0 radical (unpaired) electrons. The smallest absolute Gasteiger partial charge is 0.321 e. The molecule has 1 heterocycles. The molecule has 6 heteroatoms. The number of methoxy groups -OCH3 is 2. The van der Waals surface area contributed by atoms with E-state index in [-0.39, 0.29) is 5.92 Å². The molecule has 0 bridgehead atoms. The maximum atomic E-state index is 11.4. The third-order valence-corrected chi connectivity index (χ3v) is 4.09. The first-order valence-electron chi connectivity index (χ1n) is 7.53. The summed E-state index contributed by atoms with van der Waals surface area (Å²) < 4.78 is 10.6. The number of carboxylic acids is 1. The van der Waals surface area contributed by atoms with Crippen molar-refractivity contribution in [2.45, 2.75) is 19.4 Å². The number of rotatable bonds is 7. The van der Waals surface area contributed by atoms with E-state index >= 15 is 0 Å². The van der Waals surface area contributed by atoms with Crippen LogP contribution in [0.25, 0.3) is 0 Å². The molecule has 2 atom stereocenters. The van der Waals surface area contributed by atoms with Crippen molar-refractivity contribution < 1.29 is 19.4 Å². The van der Waals surface area contributed by atoms with Gasteiger partial charge in [-0.05, 0) is 13.0 Å². The minimum absolute atomic E-state index is 0.0923. The Morgan fingerprint density at radius 2 is 2.00 bits per heavy atom. The number of nitrogens with one attached hydrogen (secondary N) is 1. The van der Waals surface area contributed by atoms with Crippen LogP contribution in [0.15, 0.2) is 18.2 Å². The van der Waals surface area contributed by atoms with Crippen LogP contribution in [0.4, 0.5) is 5.69 Å². The minimum atomic E-state index is -0.781. The monoisotopic (exact) mass is 308 g/mol. The summed E-state index contributed by atoms with van der Waals surface area (Å²) in [4.78, 5) is 13.6. The molecule has 22 heavy (non-hydrogen) atoms. The Morgan fingerprint density at radius 3 is 2.50 bits per heavy atom. The van der Waals surface area contributed by atoms with E-state index in [1.54, 1.807) is 14.2 Å². The van der Waals surface area contributed by atoms with Gasteiger partial charge in [0.2, 0.25) is 0 Å². The van der Waals surface area contributed by atoms with Crippen LogP contribution in [0.2, 0.25) is 0 Å². The van der Waals surface area contributed by atoms with E-state index in [1.165, 1.54) is 0 Å². The van der Waals surface area contributed by atoms with Crippen molar-refractivity contribution in [3.8, 4) is 11.5 Å². The van der Waals surface area contributed by atoms with Crippen LogP contribution in [0.5, 0.6) is 11.5 Å². The molecule has 6 nitrogen and oxygen atoms in total. The Bertz CT molecular complexity index is 499. The largest absolute Gasteiger partial charge is 0.497 e. The molecule has 2 rings (SSSR count). The molecule has 0 saturated carbocycles. The lowest BCUT2D eigenvalue weighted by Crippen LogP contribution is -2.43. The van der Waals surface area contributed by atoms with Crippen LogP contribution in [0, 0.1) is 5.92 Å². The van der Waals surface area contributed by atoms with E-state index in [1.807, 2.05) is 25.1 Å². The summed E-state index contributed by atoms with van der Waals surface area (Å²) in [6, 6.07) is 5.24. The zero-order chi connectivity index (χ0) is 16.1. The number of hydrogen-bond acceptors (Lipinski definition) is 5. The number of anilines is 1. The zero-order valence-electron chi connectivity index (χ0n) is 13.3. The fourth-order valence-corrected chi connectivity index (χ4v) is 2.94. The molecule has 122 valence electrons. The van der Waals surface area contributed by atoms with Crippen molar-refractivity contribution in [2.75, 3.05) is 38.8 Å². The summed E-state index contributed by atoms with van der Waals surface area (Å²) in [5, 5.41) is 12.4. The Morgan fingerprint density at radius 1 is 1.36 bits per heavy atom. The van der Waals surface area contributed by atoms with E-state index in [9.17, 15) is 9.90 Å². The van der Waals surface area contributed by atoms with Crippen LogP contribution in [-0.4, -0.2) is 51.0 Å². The van der Waals surface area contributed by atoms with Crippen molar-refractivity contribution >= 4 is 11.7 Å². The normalized spacial score (nSPS) is 19.0. The highest BCUT2D eigenvalue weighted by Crippen LogP contribution is 2.32. The van der Waals surface area contributed by atoms with Crippen LogP contribution in [0.3, 0.4) is 0 Å². The highest BCUT2D eigenvalue weighted by Gasteiger charge is 2.33. The molecule has 1 aromatic carbocycles. The molecule has 2 N–H and O–H groups in total. The van der Waals surface area contributed by atoms with Gasteiger partial charge in [0.05, 0.1) is 14.2 Å². The average molecular weight is 308 g/mol. The number of aliphatic carboxylic acids is 1. The first kappa shape index (κ1) is 16.4. The molecule has 0 spiro atoms. The van der Waals surface area contributed by atoms with E-state index in [4.69, 9.17) is 9.47 Å².